The highest BCUT2D eigenvalue weighted by atomic mass is 16.2. The van der Waals surface area contributed by atoms with Crippen LogP contribution >= 0.6 is 0 Å². The average Bonchev–Trinajstić information content (AvgIpc) is 3.39. The van der Waals surface area contributed by atoms with Gasteiger partial charge in [0.25, 0.3) is 0 Å². The van der Waals surface area contributed by atoms with Gasteiger partial charge in [-0.25, -0.2) is 4.79 Å². The number of fused-ring (bicyclic) bond motifs is 1. The van der Waals surface area contributed by atoms with Gasteiger partial charge < -0.3 is 15.2 Å². The summed E-state index contributed by atoms with van der Waals surface area (Å²) >= 11 is 0. The molecule has 1 saturated heterocycles. The molecule has 0 unspecified atom stereocenters. The second-order valence-electron chi connectivity index (χ2n) is 9.00. The fourth-order valence-corrected chi connectivity index (χ4v) is 5.00. The van der Waals surface area contributed by atoms with E-state index in [9.17, 15) is 4.79 Å². The van der Waals surface area contributed by atoms with E-state index in [0.717, 1.165) is 49.4 Å². The molecule has 2 N–H and O–H groups in total. The first-order valence-corrected chi connectivity index (χ1v) is 11.8. The van der Waals surface area contributed by atoms with Crippen molar-refractivity contribution in [3.8, 4) is 0 Å². The maximum absolute atomic E-state index is 12.9. The molecule has 1 fully saturated rings. The number of carbonyl (C=O) groups excluding carboxylic acids is 1. The molecule has 0 saturated carbocycles. The van der Waals surface area contributed by atoms with Crippen molar-refractivity contribution in [2.45, 2.75) is 45.7 Å². The highest BCUT2D eigenvalue weighted by Crippen LogP contribution is 2.33. The van der Waals surface area contributed by atoms with Crippen LogP contribution in [0.1, 0.15) is 46.8 Å². The van der Waals surface area contributed by atoms with Crippen LogP contribution in [0.2, 0.25) is 0 Å². The first kappa shape index (κ1) is 21.3. The third kappa shape index (κ3) is 4.38. The van der Waals surface area contributed by atoms with Crippen LogP contribution in [0.3, 0.4) is 0 Å². The summed E-state index contributed by atoms with van der Waals surface area (Å²) in [7, 11) is 0. The van der Waals surface area contributed by atoms with Crippen LogP contribution in [0, 0.1) is 13.8 Å². The summed E-state index contributed by atoms with van der Waals surface area (Å²) in [5.41, 5.74) is 6.97. The standard InChI is InChI=1S/C27H31N5O/c1-19-24(20(2)32(30-19)18-21-8-4-3-5-9-21)16-29-27(33)31-14-12-22(13-15-31)25-17-28-26-11-7-6-10-23(25)26/h3-11,17,22,28H,12-16,18H2,1-2H3,(H,29,33). The van der Waals surface area contributed by atoms with E-state index in [1.54, 1.807) is 0 Å². The summed E-state index contributed by atoms with van der Waals surface area (Å²) in [6.07, 6.45) is 4.12. The van der Waals surface area contributed by atoms with E-state index >= 15 is 0 Å². The number of nitrogens with one attached hydrogen (secondary N) is 2. The van der Waals surface area contributed by atoms with Crippen LogP contribution in [0.5, 0.6) is 0 Å². The lowest BCUT2D eigenvalue weighted by Crippen LogP contribution is -2.43. The SMILES string of the molecule is Cc1nn(Cc2ccccc2)c(C)c1CNC(=O)N1CCC(c2c[nH]c3ccccc23)CC1. The van der Waals surface area contributed by atoms with Crippen LogP contribution in [-0.4, -0.2) is 38.8 Å². The first-order valence-electron chi connectivity index (χ1n) is 11.8. The number of para-hydroxylation sites is 1. The molecule has 2 aromatic heterocycles. The number of aryl methyl sites for hydroxylation is 1. The Balaban J connectivity index is 1.18. The van der Waals surface area contributed by atoms with Crippen molar-refractivity contribution in [3.63, 3.8) is 0 Å². The molecule has 1 aliphatic heterocycles. The van der Waals surface area contributed by atoms with E-state index in [0.29, 0.717) is 12.5 Å². The number of nitrogens with zero attached hydrogens (tertiary/aromatic N) is 3. The van der Waals surface area contributed by atoms with Crippen molar-refractivity contribution in [2.75, 3.05) is 13.1 Å². The van der Waals surface area contributed by atoms with E-state index in [4.69, 9.17) is 5.10 Å². The molecule has 6 nitrogen and oxygen atoms in total. The van der Waals surface area contributed by atoms with Crippen LogP contribution in [-0.2, 0) is 13.1 Å². The zero-order chi connectivity index (χ0) is 22.8. The zero-order valence-corrected chi connectivity index (χ0v) is 19.3. The van der Waals surface area contributed by atoms with Crippen molar-refractivity contribution in [2.24, 2.45) is 0 Å². The number of benzene rings is 2. The van der Waals surface area contributed by atoms with Gasteiger partial charge in [0, 0.05) is 48.0 Å². The van der Waals surface area contributed by atoms with Crippen LogP contribution < -0.4 is 5.32 Å². The predicted molar refractivity (Wildman–Crippen MR) is 131 cm³/mol. The van der Waals surface area contributed by atoms with Gasteiger partial charge in [0.1, 0.15) is 0 Å². The minimum absolute atomic E-state index is 0.0157. The summed E-state index contributed by atoms with van der Waals surface area (Å²) in [4.78, 5) is 18.2. The molecule has 0 radical (unpaired) electrons. The first-order chi connectivity index (χ1) is 16.1. The van der Waals surface area contributed by atoms with Gasteiger partial charge in [0.15, 0.2) is 0 Å². The Morgan fingerprint density at radius 2 is 1.79 bits per heavy atom. The number of rotatable bonds is 5. The maximum Gasteiger partial charge on any atom is 0.317 e. The van der Waals surface area contributed by atoms with Gasteiger partial charge in [-0.05, 0) is 49.8 Å². The molecule has 4 aromatic rings. The number of amides is 2. The zero-order valence-electron chi connectivity index (χ0n) is 19.3. The van der Waals surface area contributed by atoms with Crippen molar-refractivity contribution in [3.05, 3.63) is 88.9 Å². The third-order valence-corrected chi connectivity index (χ3v) is 6.97. The van der Waals surface area contributed by atoms with E-state index < -0.39 is 0 Å². The van der Waals surface area contributed by atoms with Crippen LogP contribution in [0.25, 0.3) is 10.9 Å². The molecule has 0 atom stereocenters. The second kappa shape index (κ2) is 9.14. The van der Waals surface area contributed by atoms with Crippen molar-refractivity contribution < 1.29 is 4.79 Å². The Bertz CT molecular complexity index is 1250. The molecule has 2 amide bonds. The summed E-state index contributed by atoms with van der Waals surface area (Å²) in [6.45, 7) is 6.90. The normalized spacial score (nSPS) is 14.7. The van der Waals surface area contributed by atoms with Gasteiger partial charge in [-0.2, -0.15) is 5.10 Å². The number of carbonyl (C=O) groups is 1. The van der Waals surface area contributed by atoms with Gasteiger partial charge >= 0.3 is 6.03 Å². The molecule has 5 rings (SSSR count). The molecule has 0 aliphatic carbocycles. The molecular weight excluding hydrogens is 410 g/mol. The summed E-state index contributed by atoms with van der Waals surface area (Å²) in [6, 6.07) is 18.8. The molecular formula is C27H31N5O. The quantitative estimate of drug-likeness (QED) is 0.451. The lowest BCUT2D eigenvalue weighted by atomic mass is 9.89. The maximum atomic E-state index is 12.9. The van der Waals surface area contributed by atoms with Crippen molar-refractivity contribution in [1.29, 1.82) is 0 Å². The molecule has 0 spiro atoms. The minimum Gasteiger partial charge on any atom is -0.361 e. The Kier molecular flexibility index (Phi) is 5.90. The van der Waals surface area contributed by atoms with Crippen molar-refractivity contribution in [1.82, 2.24) is 25.0 Å². The lowest BCUT2D eigenvalue weighted by Gasteiger charge is -2.32. The molecule has 3 heterocycles. The topological polar surface area (TPSA) is 66.0 Å². The fraction of sp³-hybridized carbons (Fsp3) is 0.333. The van der Waals surface area contributed by atoms with Crippen molar-refractivity contribution >= 4 is 16.9 Å². The number of urea groups is 1. The molecule has 33 heavy (non-hydrogen) atoms. The number of H-pyrrole nitrogens is 1. The fourth-order valence-electron chi connectivity index (χ4n) is 5.00. The molecule has 0 bridgehead atoms. The van der Waals surface area contributed by atoms with E-state index in [1.165, 1.54) is 22.0 Å². The summed E-state index contributed by atoms with van der Waals surface area (Å²) < 4.78 is 2.03. The van der Waals surface area contributed by atoms with Gasteiger partial charge in [-0.1, -0.05) is 48.5 Å². The second-order valence-corrected chi connectivity index (χ2v) is 9.00. The van der Waals surface area contributed by atoms with Gasteiger partial charge in [0.2, 0.25) is 0 Å². The van der Waals surface area contributed by atoms with E-state index in [1.807, 2.05) is 34.7 Å². The van der Waals surface area contributed by atoms with Gasteiger partial charge in [-0.3, -0.25) is 4.68 Å². The minimum atomic E-state index is 0.0157. The number of hydrogen-bond acceptors (Lipinski definition) is 2. The highest BCUT2D eigenvalue weighted by molar-refractivity contribution is 5.83. The Morgan fingerprint density at radius 1 is 1.06 bits per heavy atom. The Hall–Kier alpha value is -3.54. The van der Waals surface area contributed by atoms with Gasteiger partial charge in [-0.15, -0.1) is 0 Å². The monoisotopic (exact) mass is 441 g/mol. The van der Waals surface area contributed by atoms with Gasteiger partial charge in [0.05, 0.1) is 12.2 Å². The molecule has 170 valence electrons. The van der Waals surface area contributed by atoms with Crippen LogP contribution in [0.4, 0.5) is 4.79 Å². The highest BCUT2D eigenvalue weighted by Gasteiger charge is 2.25. The predicted octanol–water partition coefficient (Wildman–Crippen LogP) is 5.12. The summed E-state index contributed by atoms with van der Waals surface area (Å²) in [5, 5.41) is 9.15. The smallest absolute Gasteiger partial charge is 0.317 e. The molecule has 1 aliphatic rings. The number of aromatic nitrogens is 3. The third-order valence-electron chi connectivity index (χ3n) is 6.97. The van der Waals surface area contributed by atoms with E-state index in [-0.39, 0.29) is 6.03 Å². The van der Waals surface area contributed by atoms with Crippen LogP contribution in [0.15, 0.2) is 60.8 Å². The largest absolute Gasteiger partial charge is 0.361 e. The molecule has 2 aromatic carbocycles. The number of hydrogen-bond donors (Lipinski definition) is 2. The Labute approximate surface area is 194 Å². The average molecular weight is 442 g/mol. The number of aromatic amines is 1. The van der Waals surface area contributed by atoms with E-state index in [2.05, 4.69) is 59.8 Å². The number of piperidine rings is 1. The summed E-state index contributed by atoms with van der Waals surface area (Å²) in [5.74, 6) is 0.492. The Morgan fingerprint density at radius 3 is 2.58 bits per heavy atom. The lowest BCUT2D eigenvalue weighted by molar-refractivity contribution is 0.181. The number of likely N-dealkylation sites (tertiary alicyclic amines) is 1. The molecule has 6 heteroatoms.